The Balaban J connectivity index is 2.84. The van der Waals surface area contributed by atoms with Crippen LogP contribution in [0.5, 0.6) is 0 Å². The van der Waals surface area contributed by atoms with E-state index >= 15 is 0 Å². The average Bonchev–Trinajstić information content (AvgIpc) is 2.61. The highest BCUT2D eigenvalue weighted by molar-refractivity contribution is 5.96. The van der Waals surface area contributed by atoms with Gasteiger partial charge < -0.3 is 14.6 Å². The summed E-state index contributed by atoms with van der Waals surface area (Å²) >= 11 is 0. The summed E-state index contributed by atoms with van der Waals surface area (Å²) in [6.07, 6.45) is 0.180. The molecular formula is C11H16N2O3. The van der Waals surface area contributed by atoms with Crippen LogP contribution in [0.25, 0.3) is 0 Å². The fourth-order valence-electron chi connectivity index (χ4n) is 1.48. The van der Waals surface area contributed by atoms with Crippen LogP contribution in [0, 0.1) is 0 Å². The van der Waals surface area contributed by atoms with Crippen molar-refractivity contribution in [3.63, 3.8) is 0 Å². The smallest absolute Gasteiger partial charge is 0.311 e. The van der Waals surface area contributed by atoms with Crippen LogP contribution in [-0.4, -0.2) is 37.0 Å². The van der Waals surface area contributed by atoms with Gasteiger partial charge in [-0.2, -0.15) is 0 Å². The molecular weight excluding hydrogens is 208 g/mol. The Morgan fingerprint density at radius 2 is 2.12 bits per heavy atom. The summed E-state index contributed by atoms with van der Waals surface area (Å²) in [7, 11) is 4.83. The van der Waals surface area contributed by atoms with Crippen molar-refractivity contribution in [3.8, 4) is 0 Å². The van der Waals surface area contributed by atoms with Gasteiger partial charge >= 0.3 is 5.97 Å². The van der Waals surface area contributed by atoms with E-state index < -0.39 is 0 Å². The van der Waals surface area contributed by atoms with Crippen molar-refractivity contribution in [2.75, 3.05) is 20.7 Å². The quantitative estimate of drug-likeness (QED) is 0.571. The maximum atomic E-state index is 11.6. The maximum Gasteiger partial charge on any atom is 0.311 e. The standard InChI is InChI=1S/C11H16N2O3/c1-12-7-10(14)9-5-4-8(13(9)2)6-11(15)16-3/h4-5,12H,6-7H2,1-3H3. The van der Waals surface area contributed by atoms with Gasteiger partial charge in [-0.05, 0) is 19.2 Å². The van der Waals surface area contributed by atoms with Gasteiger partial charge in [0.2, 0.25) is 0 Å². The van der Waals surface area contributed by atoms with Crippen LogP contribution in [-0.2, 0) is 23.0 Å². The summed E-state index contributed by atoms with van der Waals surface area (Å²) in [5.74, 6) is -0.310. The van der Waals surface area contributed by atoms with Gasteiger partial charge in [0.1, 0.15) is 0 Å². The van der Waals surface area contributed by atoms with E-state index in [1.807, 2.05) is 0 Å². The lowest BCUT2D eigenvalue weighted by Gasteiger charge is -2.06. The molecule has 0 atom stereocenters. The van der Waals surface area contributed by atoms with E-state index in [1.165, 1.54) is 7.11 Å². The van der Waals surface area contributed by atoms with Crippen LogP contribution < -0.4 is 5.32 Å². The number of nitrogens with one attached hydrogen (secondary N) is 1. The first kappa shape index (κ1) is 12.4. The molecule has 0 saturated carbocycles. The molecule has 0 radical (unpaired) electrons. The first-order chi connectivity index (χ1) is 7.60. The van der Waals surface area contributed by atoms with Gasteiger partial charge in [0.15, 0.2) is 5.78 Å². The Kier molecular flexibility index (Phi) is 4.25. The summed E-state index contributed by atoms with van der Waals surface area (Å²) in [6.45, 7) is 0.287. The van der Waals surface area contributed by atoms with Gasteiger partial charge in [0.05, 0.1) is 25.8 Å². The zero-order chi connectivity index (χ0) is 12.1. The average molecular weight is 224 g/mol. The number of hydrogen-bond donors (Lipinski definition) is 1. The molecule has 0 aliphatic rings. The fraction of sp³-hybridized carbons (Fsp3) is 0.455. The number of carbonyl (C=O) groups is 2. The van der Waals surface area contributed by atoms with E-state index in [4.69, 9.17) is 0 Å². The first-order valence-corrected chi connectivity index (χ1v) is 4.99. The number of esters is 1. The number of Topliss-reactive ketones (excluding diaryl/α,β-unsaturated/α-hetero) is 1. The molecule has 0 unspecified atom stereocenters. The van der Waals surface area contributed by atoms with E-state index in [0.717, 1.165) is 5.69 Å². The highest BCUT2D eigenvalue weighted by Crippen LogP contribution is 2.09. The van der Waals surface area contributed by atoms with Gasteiger partial charge in [0.25, 0.3) is 0 Å². The number of carbonyl (C=O) groups excluding carboxylic acids is 2. The minimum atomic E-state index is -0.311. The summed E-state index contributed by atoms with van der Waals surface area (Å²) in [4.78, 5) is 22.7. The van der Waals surface area contributed by atoms with Crippen molar-refractivity contribution in [2.24, 2.45) is 7.05 Å². The number of hydrogen-bond acceptors (Lipinski definition) is 4. The van der Waals surface area contributed by atoms with E-state index in [9.17, 15) is 9.59 Å². The number of rotatable bonds is 5. The Bertz CT molecular complexity index is 396. The zero-order valence-corrected chi connectivity index (χ0v) is 9.74. The molecule has 0 aromatic carbocycles. The minimum absolute atomic E-state index is 0.00103. The molecule has 0 aliphatic heterocycles. The van der Waals surface area contributed by atoms with E-state index in [2.05, 4.69) is 10.1 Å². The van der Waals surface area contributed by atoms with Crippen LogP contribution in [0.15, 0.2) is 12.1 Å². The molecule has 5 nitrogen and oxygen atoms in total. The third kappa shape index (κ3) is 2.70. The number of nitrogens with zero attached hydrogens (tertiary/aromatic N) is 1. The van der Waals surface area contributed by atoms with Gasteiger partial charge in [-0.3, -0.25) is 9.59 Å². The topological polar surface area (TPSA) is 60.3 Å². The molecule has 1 N–H and O–H groups in total. The number of aromatic nitrogens is 1. The molecule has 1 rings (SSSR count). The lowest BCUT2D eigenvalue weighted by atomic mass is 10.3. The molecule has 16 heavy (non-hydrogen) atoms. The molecule has 1 heterocycles. The number of ketones is 1. The van der Waals surface area contributed by atoms with Crippen molar-refractivity contribution >= 4 is 11.8 Å². The monoisotopic (exact) mass is 224 g/mol. The summed E-state index contributed by atoms with van der Waals surface area (Å²) in [6, 6.07) is 3.48. The second-order valence-corrected chi connectivity index (χ2v) is 3.48. The summed E-state index contributed by atoms with van der Waals surface area (Å²) < 4.78 is 6.30. The van der Waals surface area contributed by atoms with Crippen molar-refractivity contribution in [2.45, 2.75) is 6.42 Å². The van der Waals surface area contributed by atoms with Crippen molar-refractivity contribution in [1.82, 2.24) is 9.88 Å². The van der Waals surface area contributed by atoms with Crippen LogP contribution >= 0.6 is 0 Å². The predicted molar refractivity (Wildman–Crippen MR) is 59.4 cm³/mol. The van der Waals surface area contributed by atoms with Crippen LogP contribution in [0.1, 0.15) is 16.2 Å². The lowest BCUT2D eigenvalue weighted by Crippen LogP contribution is -2.21. The third-order valence-corrected chi connectivity index (χ3v) is 2.40. The summed E-state index contributed by atoms with van der Waals surface area (Å²) in [5, 5.41) is 2.80. The van der Waals surface area contributed by atoms with Crippen LogP contribution in [0.2, 0.25) is 0 Å². The predicted octanol–water partition coefficient (Wildman–Crippen LogP) is 0.143. The van der Waals surface area contributed by atoms with Gasteiger partial charge in [0, 0.05) is 12.7 Å². The molecule has 88 valence electrons. The Morgan fingerprint density at radius 3 is 2.69 bits per heavy atom. The molecule has 0 fully saturated rings. The van der Waals surface area contributed by atoms with Crippen molar-refractivity contribution in [1.29, 1.82) is 0 Å². The normalized spacial score (nSPS) is 10.2. The van der Waals surface area contributed by atoms with E-state index in [0.29, 0.717) is 5.69 Å². The zero-order valence-electron chi connectivity index (χ0n) is 9.74. The Morgan fingerprint density at radius 1 is 1.44 bits per heavy atom. The number of ether oxygens (including phenoxy) is 1. The molecule has 1 aromatic heterocycles. The highest BCUT2D eigenvalue weighted by Gasteiger charge is 2.13. The highest BCUT2D eigenvalue weighted by atomic mass is 16.5. The first-order valence-electron chi connectivity index (χ1n) is 4.99. The van der Waals surface area contributed by atoms with E-state index in [-0.39, 0.29) is 24.7 Å². The molecule has 0 amide bonds. The molecule has 0 spiro atoms. The minimum Gasteiger partial charge on any atom is -0.469 e. The molecule has 0 saturated heterocycles. The van der Waals surface area contributed by atoms with Gasteiger partial charge in [-0.15, -0.1) is 0 Å². The second-order valence-electron chi connectivity index (χ2n) is 3.48. The fourth-order valence-corrected chi connectivity index (χ4v) is 1.48. The molecule has 5 heteroatoms. The second kappa shape index (κ2) is 5.46. The molecule has 1 aromatic rings. The number of methoxy groups -OCH3 is 1. The van der Waals surface area contributed by atoms with Gasteiger partial charge in [-0.1, -0.05) is 0 Å². The van der Waals surface area contributed by atoms with Crippen molar-refractivity contribution < 1.29 is 14.3 Å². The summed E-state index contributed by atoms with van der Waals surface area (Å²) in [5.41, 5.74) is 1.36. The van der Waals surface area contributed by atoms with Crippen molar-refractivity contribution in [3.05, 3.63) is 23.5 Å². The van der Waals surface area contributed by atoms with Gasteiger partial charge in [-0.25, -0.2) is 0 Å². The number of likely N-dealkylation sites (N-methyl/N-ethyl adjacent to an activating group) is 1. The Hall–Kier alpha value is -1.62. The molecule has 0 bridgehead atoms. The molecule has 0 aliphatic carbocycles. The van der Waals surface area contributed by atoms with E-state index in [1.54, 1.807) is 30.8 Å². The van der Waals surface area contributed by atoms with Crippen LogP contribution in [0.4, 0.5) is 0 Å². The SMILES string of the molecule is CNCC(=O)c1ccc(CC(=O)OC)n1C. The lowest BCUT2D eigenvalue weighted by molar-refractivity contribution is -0.139. The van der Waals surface area contributed by atoms with Crippen LogP contribution in [0.3, 0.4) is 0 Å². The third-order valence-electron chi connectivity index (χ3n) is 2.40. The largest absolute Gasteiger partial charge is 0.469 e. The Labute approximate surface area is 94.4 Å². The maximum absolute atomic E-state index is 11.6.